The van der Waals surface area contributed by atoms with E-state index in [0.29, 0.717) is 0 Å². The highest BCUT2D eigenvalue weighted by molar-refractivity contribution is 5.93. The maximum absolute atomic E-state index is 14.0. The topological polar surface area (TPSA) is 123 Å². The third-order valence-corrected chi connectivity index (χ3v) is 6.46. The molecule has 0 aliphatic rings. The lowest BCUT2D eigenvalue weighted by Gasteiger charge is -2.37. The average Bonchev–Trinajstić information content (AvgIpc) is 2.95. The SMILES string of the molecule is C[C@H](NC(=O)[C@H](CC(=O)NC(c1ccccc1)(c1ccccc1)c1ccccc1)NC(=O)OC(C)(C)C)C(=O)OC(C)(C)C. The quantitative estimate of drug-likeness (QED) is 0.216. The summed E-state index contributed by atoms with van der Waals surface area (Å²) in [5.74, 6) is -1.92. The molecule has 0 heterocycles. The minimum absolute atomic E-state index is 0.444. The van der Waals surface area contributed by atoms with Gasteiger partial charge in [-0.1, -0.05) is 91.0 Å². The molecule has 234 valence electrons. The second kappa shape index (κ2) is 14.2. The molecule has 0 radical (unpaired) electrons. The van der Waals surface area contributed by atoms with Crippen LogP contribution >= 0.6 is 0 Å². The number of carbonyl (C=O) groups is 4. The number of carbonyl (C=O) groups excluding carboxylic acids is 4. The van der Waals surface area contributed by atoms with Gasteiger partial charge in [-0.2, -0.15) is 0 Å². The summed E-state index contributed by atoms with van der Waals surface area (Å²) >= 11 is 0. The second-order valence-electron chi connectivity index (χ2n) is 12.6. The summed E-state index contributed by atoms with van der Waals surface area (Å²) in [4.78, 5) is 52.8. The fourth-order valence-electron chi connectivity index (χ4n) is 4.65. The van der Waals surface area contributed by atoms with E-state index in [2.05, 4.69) is 16.0 Å². The smallest absolute Gasteiger partial charge is 0.408 e. The number of amides is 3. The molecule has 0 saturated carbocycles. The third kappa shape index (κ3) is 9.42. The van der Waals surface area contributed by atoms with Crippen molar-refractivity contribution in [3.63, 3.8) is 0 Å². The maximum Gasteiger partial charge on any atom is 0.408 e. The number of hydrogen-bond donors (Lipinski definition) is 3. The van der Waals surface area contributed by atoms with Gasteiger partial charge in [0.15, 0.2) is 0 Å². The van der Waals surface area contributed by atoms with Crippen LogP contribution in [0, 0.1) is 0 Å². The molecule has 3 aromatic rings. The van der Waals surface area contributed by atoms with Gasteiger partial charge >= 0.3 is 12.1 Å². The highest BCUT2D eigenvalue weighted by atomic mass is 16.6. The molecule has 0 spiro atoms. The molecule has 2 atom stereocenters. The molecule has 3 rings (SSSR count). The Morgan fingerprint density at radius 2 is 1.05 bits per heavy atom. The first-order valence-electron chi connectivity index (χ1n) is 14.6. The van der Waals surface area contributed by atoms with Gasteiger partial charge in [0, 0.05) is 0 Å². The lowest BCUT2D eigenvalue weighted by molar-refractivity contribution is -0.158. The largest absolute Gasteiger partial charge is 0.458 e. The molecule has 0 unspecified atom stereocenters. The van der Waals surface area contributed by atoms with E-state index in [4.69, 9.17) is 9.47 Å². The van der Waals surface area contributed by atoms with E-state index in [-0.39, 0.29) is 0 Å². The summed E-state index contributed by atoms with van der Waals surface area (Å²) in [6.45, 7) is 11.7. The van der Waals surface area contributed by atoms with Gasteiger partial charge in [-0.15, -0.1) is 0 Å². The van der Waals surface area contributed by atoms with Crippen LogP contribution in [-0.2, 0) is 29.4 Å². The first-order valence-corrected chi connectivity index (χ1v) is 14.6. The number of esters is 1. The summed E-state index contributed by atoms with van der Waals surface area (Å²) in [6.07, 6.45) is -1.32. The monoisotopic (exact) mass is 601 g/mol. The van der Waals surface area contributed by atoms with Crippen LogP contribution in [0.2, 0.25) is 0 Å². The minimum atomic E-state index is -1.37. The molecule has 0 fully saturated rings. The Kier molecular flexibility index (Phi) is 10.9. The van der Waals surface area contributed by atoms with Crippen molar-refractivity contribution in [3.05, 3.63) is 108 Å². The van der Waals surface area contributed by atoms with Crippen molar-refractivity contribution >= 4 is 23.9 Å². The van der Waals surface area contributed by atoms with Gasteiger partial charge in [0.25, 0.3) is 0 Å². The van der Waals surface area contributed by atoms with E-state index in [0.717, 1.165) is 16.7 Å². The van der Waals surface area contributed by atoms with Gasteiger partial charge < -0.3 is 25.4 Å². The molecule has 0 aromatic heterocycles. The van der Waals surface area contributed by atoms with Crippen LogP contribution in [0.25, 0.3) is 0 Å². The van der Waals surface area contributed by atoms with Gasteiger partial charge in [-0.3, -0.25) is 9.59 Å². The fraction of sp³-hybridized carbons (Fsp3) is 0.371. The normalized spacial score (nSPS) is 13.2. The number of benzene rings is 3. The standard InChI is InChI=1S/C35H43N3O6/c1-24(31(41)43-33(2,3)4)36-30(40)28(37-32(42)44-34(5,6)7)23-29(39)38-35(25-17-11-8-12-18-25,26-19-13-9-14-20-26)27-21-15-10-16-22-27/h8-22,24,28H,23H2,1-7H3,(H,36,40)(H,37,42)(H,38,39)/t24-,28-/m0/s1. The predicted octanol–water partition coefficient (Wildman–Crippen LogP) is 5.22. The molecule has 3 amide bonds. The summed E-state index contributed by atoms with van der Waals surface area (Å²) in [7, 11) is 0. The lowest BCUT2D eigenvalue weighted by atomic mass is 9.77. The molecule has 0 bridgehead atoms. The van der Waals surface area contributed by atoms with Crippen LogP contribution in [0.1, 0.15) is 71.6 Å². The first-order chi connectivity index (χ1) is 20.6. The third-order valence-electron chi connectivity index (χ3n) is 6.46. The minimum Gasteiger partial charge on any atom is -0.458 e. The Bertz CT molecular complexity index is 1320. The molecule has 9 heteroatoms. The molecule has 0 aliphatic heterocycles. The Morgan fingerprint density at radius 3 is 1.43 bits per heavy atom. The Labute approximate surface area is 259 Å². The van der Waals surface area contributed by atoms with Gasteiger partial charge in [-0.25, -0.2) is 9.59 Å². The first kappa shape index (κ1) is 33.8. The molecule has 0 aliphatic carbocycles. The molecule has 3 N–H and O–H groups in total. The van der Waals surface area contributed by atoms with Crippen molar-refractivity contribution in [1.82, 2.24) is 16.0 Å². The zero-order valence-corrected chi connectivity index (χ0v) is 26.5. The Morgan fingerprint density at radius 1 is 0.636 bits per heavy atom. The zero-order valence-electron chi connectivity index (χ0n) is 26.5. The van der Waals surface area contributed by atoms with E-state index in [1.807, 2.05) is 91.0 Å². The lowest BCUT2D eigenvalue weighted by Crippen LogP contribution is -2.55. The summed E-state index contributed by atoms with van der Waals surface area (Å²) in [5.41, 5.74) is -0.348. The Hall–Kier alpha value is -4.66. The highest BCUT2D eigenvalue weighted by Gasteiger charge is 2.39. The van der Waals surface area contributed by atoms with Gasteiger partial charge in [-0.05, 0) is 65.2 Å². The molecule has 9 nitrogen and oxygen atoms in total. The van der Waals surface area contributed by atoms with Crippen molar-refractivity contribution in [2.75, 3.05) is 0 Å². The van der Waals surface area contributed by atoms with Crippen molar-refractivity contribution < 1.29 is 28.7 Å². The van der Waals surface area contributed by atoms with Crippen molar-refractivity contribution in [3.8, 4) is 0 Å². The number of alkyl carbamates (subject to hydrolysis) is 1. The van der Waals surface area contributed by atoms with E-state index in [1.165, 1.54) is 6.92 Å². The van der Waals surface area contributed by atoms with Crippen molar-refractivity contribution in [1.29, 1.82) is 0 Å². The molecular formula is C35H43N3O6. The molecule has 44 heavy (non-hydrogen) atoms. The van der Waals surface area contributed by atoms with Gasteiger partial charge in [0.2, 0.25) is 11.8 Å². The van der Waals surface area contributed by atoms with Crippen LogP contribution in [0.3, 0.4) is 0 Å². The molecular weight excluding hydrogens is 558 g/mol. The van der Waals surface area contributed by atoms with Crippen LogP contribution in [0.5, 0.6) is 0 Å². The number of nitrogens with one attached hydrogen (secondary N) is 3. The number of rotatable bonds is 10. The van der Waals surface area contributed by atoms with Gasteiger partial charge in [0.1, 0.15) is 28.8 Å². The maximum atomic E-state index is 14.0. The van der Waals surface area contributed by atoms with E-state index >= 15 is 0 Å². The number of hydrogen-bond acceptors (Lipinski definition) is 6. The van der Waals surface area contributed by atoms with Gasteiger partial charge in [0.05, 0.1) is 6.42 Å². The van der Waals surface area contributed by atoms with E-state index < -0.39 is 59.1 Å². The zero-order chi connectivity index (χ0) is 32.5. The van der Waals surface area contributed by atoms with Crippen LogP contribution in [0.15, 0.2) is 91.0 Å². The van der Waals surface area contributed by atoms with Crippen LogP contribution in [-0.4, -0.2) is 47.2 Å². The second-order valence-corrected chi connectivity index (χ2v) is 12.6. The number of ether oxygens (including phenoxy) is 2. The summed E-state index contributed by atoms with van der Waals surface area (Å²) in [5, 5.41) is 8.28. The van der Waals surface area contributed by atoms with Crippen LogP contribution < -0.4 is 16.0 Å². The predicted molar refractivity (Wildman–Crippen MR) is 169 cm³/mol. The summed E-state index contributed by atoms with van der Waals surface area (Å²) < 4.78 is 10.7. The van der Waals surface area contributed by atoms with E-state index in [9.17, 15) is 19.2 Å². The average molecular weight is 602 g/mol. The molecule has 3 aromatic carbocycles. The van der Waals surface area contributed by atoms with Crippen LogP contribution in [0.4, 0.5) is 4.79 Å². The van der Waals surface area contributed by atoms with Crippen molar-refractivity contribution in [2.45, 2.75) is 83.7 Å². The Balaban J connectivity index is 1.98. The fourth-order valence-corrected chi connectivity index (χ4v) is 4.65. The highest BCUT2D eigenvalue weighted by Crippen LogP contribution is 2.37. The van der Waals surface area contributed by atoms with E-state index in [1.54, 1.807) is 41.5 Å². The molecule has 0 saturated heterocycles. The summed E-state index contributed by atoms with van der Waals surface area (Å²) in [6, 6.07) is 26.1. The van der Waals surface area contributed by atoms with Crippen molar-refractivity contribution in [2.24, 2.45) is 0 Å².